The molecule has 0 aliphatic carbocycles. The summed E-state index contributed by atoms with van der Waals surface area (Å²) in [5.74, 6) is -1.99. The smallest absolute Gasteiger partial charge is 0.408 e. The zero-order chi connectivity index (χ0) is 22.1. The van der Waals surface area contributed by atoms with Crippen LogP contribution < -0.4 is 5.32 Å². The number of carboxylic acid groups (broad SMARTS) is 1. The van der Waals surface area contributed by atoms with E-state index in [4.69, 9.17) is 9.84 Å². The maximum Gasteiger partial charge on any atom is 0.408 e. The molecule has 8 nitrogen and oxygen atoms in total. The van der Waals surface area contributed by atoms with E-state index in [1.165, 1.54) is 24.3 Å². The van der Waals surface area contributed by atoms with Gasteiger partial charge in [0, 0.05) is 0 Å². The number of amides is 3. The van der Waals surface area contributed by atoms with Crippen molar-refractivity contribution in [3.63, 3.8) is 0 Å². The van der Waals surface area contributed by atoms with Gasteiger partial charge in [0.25, 0.3) is 11.8 Å². The van der Waals surface area contributed by atoms with Crippen LogP contribution in [0.4, 0.5) is 4.79 Å². The highest BCUT2D eigenvalue weighted by Gasteiger charge is 2.37. The summed E-state index contributed by atoms with van der Waals surface area (Å²) >= 11 is 0. The molecule has 1 unspecified atom stereocenters. The molecular weight excluding hydrogens is 388 g/mol. The minimum absolute atomic E-state index is 0.0792. The number of ether oxygens (including phenoxy) is 1. The van der Waals surface area contributed by atoms with E-state index < -0.39 is 35.5 Å². The van der Waals surface area contributed by atoms with Crippen molar-refractivity contribution in [3.05, 3.63) is 70.8 Å². The van der Waals surface area contributed by atoms with Gasteiger partial charge in [-0.25, -0.2) is 9.59 Å². The second kappa shape index (κ2) is 7.98. The van der Waals surface area contributed by atoms with Gasteiger partial charge in [-0.1, -0.05) is 24.3 Å². The molecule has 30 heavy (non-hydrogen) atoms. The molecule has 1 aliphatic heterocycles. The molecule has 2 aromatic carbocycles. The fourth-order valence-corrected chi connectivity index (χ4v) is 3.13. The summed E-state index contributed by atoms with van der Waals surface area (Å²) < 4.78 is 5.30. The predicted octanol–water partition coefficient (Wildman–Crippen LogP) is 3.25. The number of nitrogens with one attached hydrogen (secondary N) is 1. The first-order chi connectivity index (χ1) is 14.1. The van der Waals surface area contributed by atoms with Crippen molar-refractivity contribution < 1.29 is 29.0 Å². The van der Waals surface area contributed by atoms with Crippen LogP contribution in [0.25, 0.3) is 0 Å². The van der Waals surface area contributed by atoms with E-state index in [2.05, 4.69) is 5.32 Å². The number of hydrogen-bond donors (Lipinski definition) is 2. The Hall–Kier alpha value is -3.68. The Morgan fingerprint density at radius 1 is 1.00 bits per heavy atom. The lowest BCUT2D eigenvalue weighted by Crippen LogP contribution is -2.42. The number of carboxylic acids is 1. The highest BCUT2D eigenvalue weighted by molar-refractivity contribution is 6.21. The second-order valence-corrected chi connectivity index (χ2v) is 7.89. The van der Waals surface area contributed by atoms with Crippen molar-refractivity contribution >= 4 is 23.9 Å². The molecule has 3 amide bonds. The van der Waals surface area contributed by atoms with Crippen molar-refractivity contribution in [1.82, 2.24) is 10.2 Å². The lowest BCUT2D eigenvalue weighted by atomic mass is 10.0. The number of imide groups is 1. The van der Waals surface area contributed by atoms with Gasteiger partial charge in [0.2, 0.25) is 0 Å². The molecule has 0 bridgehead atoms. The van der Waals surface area contributed by atoms with Crippen molar-refractivity contribution in [1.29, 1.82) is 0 Å². The molecule has 1 aliphatic rings. The van der Waals surface area contributed by atoms with E-state index in [1.807, 2.05) is 0 Å². The second-order valence-electron chi connectivity index (χ2n) is 7.89. The molecule has 2 aromatic rings. The maximum atomic E-state index is 12.7. The molecule has 0 saturated heterocycles. The third-order valence-corrected chi connectivity index (χ3v) is 4.49. The van der Waals surface area contributed by atoms with Crippen molar-refractivity contribution in [3.8, 4) is 0 Å². The van der Waals surface area contributed by atoms with E-state index in [0.717, 1.165) is 4.90 Å². The first-order valence-corrected chi connectivity index (χ1v) is 9.35. The third kappa shape index (κ3) is 4.48. The monoisotopic (exact) mass is 410 g/mol. The molecule has 8 heteroatoms. The number of nitrogens with zero attached hydrogens (tertiary/aromatic N) is 1. The van der Waals surface area contributed by atoms with Crippen LogP contribution in [0.1, 0.15) is 63.5 Å². The molecule has 0 aromatic heterocycles. The van der Waals surface area contributed by atoms with Gasteiger partial charge in [0.1, 0.15) is 5.60 Å². The van der Waals surface area contributed by atoms with Gasteiger partial charge in [0.15, 0.2) is 0 Å². The molecule has 0 saturated carbocycles. The first-order valence-electron chi connectivity index (χ1n) is 9.35. The van der Waals surface area contributed by atoms with Gasteiger partial charge < -0.3 is 15.2 Å². The van der Waals surface area contributed by atoms with Crippen molar-refractivity contribution in [2.75, 3.05) is 6.54 Å². The van der Waals surface area contributed by atoms with E-state index >= 15 is 0 Å². The Morgan fingerprint density at radius 3 is 2.00 bits per heavy atom. The lowest BCUT2D eigenvalue weighted by molar-refractivity contribution is 0.0467. The van der Waals surface area contributed by atoms with Gasteiger partial charge in [-0.3, -0.25) is 14.5 Å². The fourth-order valence-electron chi connectivity index (χ4n) is 3.13. The van der Waals surface area contributed by atoms with Crippen LogP contribution in [0.15, 0.2) is 48.5 Å². The molecule has 1 heterocycles. The number of rotatable bonds is 5. The van der Waals surface area contributed by atoms with E-state index in [-0.39, 0.29) is 12.1 Å². The highest BCUT2D eigenvalue weighted by atomic mass is 16.6. The molecule has 1 atom stereocenters. The zero-order valence-electron chi connectivity index (χ0n) is 16.8. The molecule has 3 rings (SSSR count). The van der Waals surface area contributed by atoms with Gasteiger partial charge in [-0.05, 0) is 50.6 Å². The Morgan fingerprint density at radius 2 is 1.53 bits per heavy atom. The Bertz CT molecular complexity index is 972. The summed E-state index contributed by atoms with van der Waals surface area (Å²) in [6.07, 6.45) is -0.716. The summed E-state index contributed by atoms with van der Waals surface area (Å²) in [5, 5.41) is 11.8. The number of hydrogen-bond acceptors (Lipinski definition) is 5. The van der Waals surface area contributed by atoms with Crippen LogP contribution in [0.5, 0.6) is 0 Å². The van der Waals surface area contributed by atoms with Crippen LogP contribution in [0.2, 0.25) is 0 Å². The van der Waals surface area contributed by atoms with Crippen LogP contribution in [0, 0.1) is 0 Å². The average molecular weight is 410 g/mol. The molecule has 2 N–H and O–H groups in total. The molecule has 156 valence electrons. The predicted molar refractivity (Wildman–Crippen MR) is 107 cm³/mol. The number of alkyl carbamates (subject to hydrolysis) is 1. The van der Waals surface area contributed by atoms with Crippen LogP contribution in [-0.4, -0.2) is 46.0 Å². The van der Waals surface area contributed by atoms with Crippen LogP contribution in [-0.2, 0) is 4.74 Å². The summed E-state index contributed by atoms with van der Waals surface area (Å²) in [4.78, 5) is 50.0. The summed E-state index contributed by atoms with van der Waals surface area (Å²) in [5.41, 5.74) is 0.481. The molecule has 0 spiro atoms. The molecular formula is C22H22N2O6. The number of carbonyl (C=O) groups is 4. The van der Waals surface area contributed by atoms with Gasteiger partial charge >= 0.3 is 12.1 Å². The summed E-state index contributed by atoms with van der Waals surface area (Å²) in [7, 11) is 0. The van der Waals surface area contributed by atoms with Gasteiger partial charge in [-0.2, -0.15) is 0 Å². The number of fused-ring (bicyclic) bond motifs is 1. The molecule has 0 radical (unpaired) electrons. The highest BCUT2D eigenvalue weighted by Crippen LogP contribution is 2.26. The SMILES string of the molecule is CC(C)(C)OC(=O)NC(CN1C(=O)c2ccccc2C1=O)c1ccc(C(=O)O)cc1. The van der Waals surface area contributed by atoms with Crippen molar-refractivity contribution in [2.45, 2.75) is 32.4 Å². The minimum atomic E-state index is -1.08. The summed E-state index contributed by atoms with van der Waals surface area (Å²) in [6, 6.07) is 11.6. The maximum absolute atomic E-state index is 12.7. The summed E-state index contributed by atoms with van der Waals surface area (Å²) in [6.45, 7) is 5.02. The van der Waals surface area contributed by atoms with Gasteiger partial charge in [0.05, 0.1) is 29.3 Å². The van der Waals surface area contributed by atoms with E-state index in [9.17, 15) is 19.2 Å². The van der Waals surface area contributed by atoms with Crippen LogP contribution >= 0.6 is 0 Å². The number of aromatic carboxylic acids is 1. The van der Waals surface area contributed by atoms with Crippen LogP contribution in [0.3, 0.4) is 0 Å². The Kier molecular flexibility index (Phi) is 5.60. The van der Waals surface area contributed by atoms with E-state index in [1.54, 1.807) is 45.0 Å². The average Bonchev–Trinajstić information content (AvgIpc) is 2.91. The lowest BCUT2D eigenvalue weighted by Gasteiger charge is -2.26. The number of benzene rings is 2. The Labute approximate surface area is 173 Å². The first kappa shape index (κ1) is 21.0. The topological polar surface area (TPSA) is 113 Å². The molecule has 0 fully saturated rings. The van der Waals surface area contributed by atoms with Gasteiger partial charge in [-0.15, -0.1) is 0 Å². The largest absolute Gasteiger partial charge is 0.478 e. The minimum Gasteiger partial charge on any atom is -0.478 e. The Balaban J connectivity index is 1.88. The standard InChI is InChI=1S/C22H22N2O6/c1-22(2,3)30-21(29)23-17(13-8-10-14(11-9-13)20(27)28)12-24-18(25)15-6-4-5-7-16(15)19(24)26/h4-11,17H,12H2,1-3H3,(H,23,29)(H,27,28). The fraction of sp³-hybridized carbons (Fsp3) is 0.273. The number of carbonyl (C=O) groups excluding carboxylic acids is 3. The zero-order valence-corrected chi connectivity index (χ0v) is 16.8. The van der Waals surface area contributed by atoms with E-state index in [0.29, 0.717) is 16.7 Å². The normalized spacial score (nSPS) is 14.3. The quantitative estimate of drug-likeness (QED) is 0.732. The van der Waals surface area contributed by atoms with Crippen molar-refractivity contribution in [2.24, 2.45) is 0 Å². The third-order valence-electron chi connectivity index (χ3n) is 4.49.